The average Bonchev–Trinajstić information content (AvgIpc) is 2.33. The highest BCUT2D eigenvalue weighted by Crippen LogP contribution is 2.03. The minimum absolute atomic E-state index is 0.0787. The SMILES string of the molecule is CCC(CSC)NC(=O)N[C@@H](CCSC)C(=O)O. The third-order valence-corrected chi connectivity index (χ3v) is 3.79. The van der Waals surface area contributed by atoms with E-state index in [1.165, 1.54) is 0 Å². The highest BCUT2D eigenvalue weighted by Gasteiger charge is 2.20. The Morgan fingerprint density at radius 3 is 2.33 bits per heavy atom. The molecule has 1 unspecified atom stereocenters. The number of thioether (sulfide) groups is 2. The molecule has 0 rings (SSSR count). The normalized spacial score (nSPS) is 13.7. The molecule has 0 aromatic heterocycles. The topological polar surface area (TPSA) is 78.4 Å². The molecule has 0 aliphatic carbocycles. The highest BCUT2D eigenvalue weighted by atomic mass is 32.2. The Labute approximate surface area is 117 Å². The molecule has 0 radical (unpaired) electrons. The maximum absolute atomic E-state index is 11.7. The number of rotatable bonds is 9. The third kappa shape index (κ3) is 7.71. The molecule has 0 heterocycles. The first-order valence-electron chi connectivity index (χ1n) is 5.82. The Kier molecular flexibility index (Phi) is 10.0. The van der Waals surface area contributed by atoms with Crippen LogP contribution >= 0.6 is 23.5 Å². The summed E-state index contributed by atoms with van der Waals surface area (Å²) in [6, 6.07) is -1.14. The van der Waals surface area contributed by atoms with E-state index in [1.54, 1.807) is 23.5 Å². The number of hydrogen-bond donors (Lipinski definition) is 3. The van der Waals surface area contributed by atoms with Crippen molar-refractivity contribution >= 4 is 35.5 Å². The zero-order valence-electron chi connectivity index (χ0n) is 11.1. The summed E-state index contributed by atoms with van der Waals surface area (Å²) in [6.07, 6.45) is 5.14. The number of urea groups is 1. The highest BCUT2D eigenvalue weighted by molar-refractivity contribution is 7.98. The first-order chi connectivity index (χ1) is 8.54. The zero-order chi connectivity index (χ0) is 14.0. The summed E-state index contributed by atoms with van der Waals surface area (Å²) >= 11 is 3.22. The molecule has 0 aromatic rings. The van der Waals surface area contributed by atoms with Gasteiger partial charge in [-0.25, -0.2) is 9.59 Å². The first-order valence-corrected chi connectivity index (χ1v) is 8.61. The number of nitrogens with one attached hydrogen (secondary N) is 2. The van der Waals surface area contributed by atoms with Crippen LogP contribution in [0.1, 0.15) is 19.8 Å². The summed E-state index contributed by atoms with van der Waals surface area (Å²) in [5, 5.41) is 14.3. The van der Waals surface area contributed by atoms with Gasteiger partial charge in [0.2, 0.25) is 0 Å². The fourth-order valence-corrected chi connectivity index (χ4v) is 2.53. The molecule has 0 spiro atoms. The van der Waals surface area contributed by atoms with Crippen LogP contribution in [0, 0.1) is 0 Å². The van der Waals surface area contributed by atoms with Gasteiger partial charge in [0.25, 0.3) is 0 Å². The van der Waals surface area contributed by atoms with E-state index in [1.807, 2.05) is 19.4 Å². The monoisotopic (exact) mass is 294 g/mol. The van der Waals surface area contributed by atoms with Crippen molar-refractivity contribution in [1.29, 1.82) is 0 Å². The molecule has 0 aromatic carbocycles. The Morgan fingerprint density at radius 2 is 1.89 bits per heavy atom. The minimum Gasteiger partial charge on any atom is -0.480 e. The van der Waals surface area contributed by atoms with Crippen LogP contribution in [0.2, 0.25) is 0 Å². The van der Waals surface area contributed by atoms with Gasteiger partial charge in [0.15, 0.2) is 0 Å². The summed E-state index contributed by atoms with van der Waals surface area (Å²) in [5.41, 5.74) is 0. The van der Waals surface area contributed by atoms with Gasteiger partial charge in [-0.15, -0.1) is 0 Å². The molecule has 0 fully saturated rings. The van der Waals surface area contributed by atoms with Crippen molar-refractivity contribution < 1.29 is 14.7 Å². The van der Waals surface area contributed by atoms with Crippen LogP contribution in [0.4, 0.5) is 4.79 Å². The lowest BCUT2D eigenvalue weighted by atomic mass is 10.2. The van der Waals surface area contributed by atoms with E-state index in [2.05, 4.69) is 10.6 Å². The first kappa shape index (κ1) is 17.4. The summed E-state index contributed by atoms with van der Waals surface area (Å²) in [7, 11) is 0. The van der Waals surface area contributed by atoms with Crippen LogP contribution in [-0.2, 0) is 4.79 Å². The van der Waals surface area contributed by atoms with Crippen LogP contribution in [0.3, 0.4) is 0 Å². The second-order valence-electron chi connectivity index (χ2n) is 3.85. The molecular formula is C11H22N2O3S2. The molecule has 3 N–H and O–H groups in total. The quantitative estimate of drug-likeness (QED) is 0.602. The van der Waals surface area contributed by atoms with Crippen LogP contribution in [0.25, 0.3) is 0 Å². The van der Waals surface area contributed by atoms with Crippen LogP contribution in [0.15, 0.2) is 0 Å². The minimum atomic E-state index is -0.989. The van der Waals surface area contributed by atoms with Gasteiger partial charge in [0.1, 0.15) is 6.04 Å². The van der Waals surface area contributed by atoms with Crippen molar-refractivity contribution in [3.8, 4) is 0 Å². The van der Waals surface area contributed by atoms with Gasteiger partial charge in [-0.3, -0.25) is 0 Å². The Hall–Kier alpha value is -0.560. The van der Waals surface area contributed by atoms with Crippen molar-refractivity contribution in [2.45, 2.75) is 31.8 Å². The molecule has 5 nitrogen and oxygen atoms in total. The van der Waals surface area contributed by atoms with Crippen molar-refractivity contribution in [3.05, 3.63) is 0 Å². The maximum atomic E-state index is 11.7. The molecule has 7 heteroatoms. The summed E-state index contributed by atoms with van der Waals surface area (Å²) < 4.78 is 0. The van der Waals surface area contributed by atoms with Gasteiger partial charge in [0, 0.05) is 11.8 Å². The van der Waals surface area contributed by atoms with E-state index >= 15 is 0 Å². The van der Waals surface area contributed by atoms with Crippen LogP contribution < -0.4 is 10.6 Å². The number of carbonyl (C=O) groups is 2. The van der Waals surface area contributed by atoms with Crippen molar-refractivity contribution in [3.63, 3.8) is 0 Å². The lowest BCUT2D eigenvalue weighted by molar-refractivity contribution is -0.139. The molecule has 18 heavy (non-hydrogen) atoms. The van der Waals surface area contributed by atoms with E-state index in [-0.39, 0.29) is 6.04 Å². The van der Waals surface area contributed by atoms with Crippen LogP contribution in [-0.4, -0.2) is 53.2 Å². The molecule has 0 saturated heterocycles. The van der Waals surface area contributed by atoms with Crippen LogP contribution in [0.5, 0.6) is 0 Å². The van der Waals surface area contributed by atoms with E-state index < -0.39 is 18.0 Å². The van der Waals surface area contributed by atoms with Gasteiger partial charge in [-0.2, -0.15) is 23.5 Å². The predicted octanol–water partition coefficient (Wildman–Crippen LogP) is 1.63. The van der Waals surface area contributed by atoms with Gasteiger partial charge in [-0.05, 0) is 31.1 Å². The second kappa shape index (κ2) is 10.4. The Morgan fingerprint density at radius 1 is 1.22 bits per heavy atom. The molecule has 0 aliphatic rings. The number of aliphatic carboxylic acids is 1. The largest absolute Gasteiger partial charge is 0.480 e. The number of carboxylic acids is 1. The molecule has 0 saturated carbocycles. The fraction of sp³-hybridized carbons (Fsp3) is 0.818. The maximum Gasteiger partial charge on any atom is 0.326 e. The molecule has 2 amide bonds. The van der Waals surface area contributed by atoms with E-state index in [4.69, 9.17) is 5.11 Å². The van der Waals surface area contributed by atoms with Crippen molar-refractivity contribution in [1.82, 2.24) is 10.6 Å². The predicted molar refractivity (Wildman–Crippen MR) is 78.6 cm³/mol. The van der Waals surface area contributed by atoms with Gasteiger partial charge in [-0.1, -0.05) is 6.92 Å². The summed E-state index contributed by atoms with van der Waals surface area (Å²) in [4.78, 5) is 22.6. The van der Waals surface area contributed by atoms with E-state index in [0.717, 1.165) is 12.2 Å². The second-order valence-corrected chi connectivity index (χ2v) is 5.75. The van der Waals surface area contributed by atoms with E-state index in [0.29, 0.717) is 12.2 Å². The Balaban J connectivity index is 4.19. The molecular weight excluding hydrogens is 272 g/mol. The third-order valence-electron chi connectivity index (χ3n) is 2.41. The molecule has 0 bridgehead atoms. The number of hydrogen-bond acceptors (Lipinski definition) is 4. The fourth-order valence-electron chi connectivity index (χ4n) is 1.34. The summed E-state index contributed by atoms with van der Waals surface area (Å²) in [5.74, 6) is 0.545. The summed E-state index contributed by atoms with van der Waals surface area (Å²) in [6.45, 7) is 1.99. The van der Waals surface area contributed by atoms with Gasteiger partial charge in [0.05, 0.1) is 0 Å². The van der Waals surface area contributed by atoms with Gasteiger partial charge >= 0.3 is 12.0 Å². The standard InChI is InChI=1S/C11H22N2O3S2/c1-4-8(7-18-3)12-11(16)13-9(10(14)15)5-6-17-2/h8-9H,4-7H2,1-3H3,(H,14,15)(H2,12,13,16)/t8?,9-/m0/s1. The molecule has 2 atom stereocenters. The molecule has 0 aliphatic heterocycles. The lowest BCUT2D eigenvalue weighted by Crippen LogP contribution is -2.49. The number of amides is 2. The van der Waals surface area contributed by atoms with Crippen molar-refractivity contribution in [2.75, 3.05) is 24.0 Å². The van der Waals surface area contributed by atoms with Gasteiger partial charge < -0.3 is 15.7 Å². The van der Waals surface area contributed by atoms with Crippen molar-refractivity contribution in [2.24, 2.45) is 0 Å². The molecule has 106 valence electrons. The zero-order valence-corrected chi connectivity index (χ0v) is 12.7. The Bertz CT molecular complexity index is 265. The average molecular weight is 294 g/mol. The smallest absolute Gasteiger partial charge is 0.326 e. The lowest BCUT2D eigenvalue weighted by Gasteiger charge is -2.19. The van der Waals surface area contributed by atoms with E-state index in [9.17, 15) is 9.59 Å². The number of carboxylic acid groups (broad SMARTS) is 1. The number of carbonyl (C=O) groups excluding carboxylic acids is 1.